The largest absolute Gasteiger partial charge is 0.370 e. The number of carbonyl (C=O) groups is 2. The molecule has 2 aromatic heterocycles. The number of nitrogens with one attached hydrogen (secondary N) is 2. The molecule has 1 atom stereocenters. The van der Waals surface area contributed by atoms with Gasteiger partial charge in [0.1, 0.15) is 10.8 Å². The van der Waals surface area contributed by atoms with E-state index in [1.54, 1.807) is 6.20 Å². The van der Waals surface area contributed by atoms with Gasteiger partial charge >= 0.3 is 0 Å². The normalized spacial score (nSPS) is 12.0. The quantitative estimate of drug-likeness (QED) is 0.303. The standard InChI is InChI=1S/C24H26N6O2S/c1-15-29-30-24(33-15)23(32)28-19(9-3-2-4-10-21(25)31)22-26-14-20(27-22)18-12-11-16-7-5-6-8-17(16)13-18/h5-8,11-14,19H,2-4,9-10H2,1H3,(H2,25,31)(H,26,27)(H,28,32)/t19-/m0/s1. The summed E-state index contributed by atoms with van der Waals surface area (Å²) in [7, 11) is 0. The molecule has 0 aliphatic rings. The zero-order valence-electron chi connectivity index (χ0n) is 18.4. The van der Waals surface area contributed by atoms with Crippen molar-refractivity contribution in [1.82, 2.24) is 25.5 Å². The fourth-order valence-corrected chi connectivity index (χ4v) is 4.32. The van der Waals surface area contributed by atoms with Gasteiger partial charge in [-0.25, -0.2) is 4.98 Å². The Morgan fingerprint density at radius 2 is 1.91 bits per heavy atom. The first-order chi connectivity index (χ1) is 16.0. The second-order valence-corrected chi connectivity index (χ2v) is 9.14. The van der Waals surface area contributed by atoms with Gasteiger partial charge in [-0.1, -0.05) is 60.6 Å². The number of imidazole rings is 1. The van der Waals surface area contributed by atoms with Crippen molar-refractivity contribution in [3.8, 4) is 11.3 Å². The van der Waals surface area contributed by atoms with Gasteiger partial charge in [0, 0.05) is 12.0 Å². The van der Waals surface area contributed by atoms with Gasteiger partial charge in [0.25, 0.3) is 5.91 Å². The van der Waals surface area contributed by atoms with E-state index in [0.717, 1.165) is 40.9 Å². The van der Waals surface area contributed by atoms with Gasteiger partial charge in [-0.15, -0.1) is 10.2 Å². The molecule has 2 aromatic carbocycles. The van der Waals surface area contributed by atoms with Gasteiger partial charge in [-0.2, -0.15) is 0 Å². The topological polar surface area (TPSA) is 127 Å². The lowest BCUT2D eigenvalue weighted by molar-refractivity contribution is -0.118. The summed E-state index contributed by atoms with van der Waals surface area (Å²) in [5.41, 5.74) is 7.14. The number of aryl methyl sites for hydroxylation is 1. The molecule has 33 heavy (non-hydrogen) atoms. The van der Waals surface area contributed by atoms with Crippen LogP contribution in [-0.2, 0) is 4.79 Å². The van der Waals surface area contributed by atoms with E-state index in [0.29, 0.717) is 23.7 Å². The minimum Gasteiger partial charge on any atom is -0.370 e. The molecule has 2 heterocycles. The lowest BCUT2D eigenvalue weighted by atomic mass is 10.1. The zero-order valence-corrected chi connectivity index (χ0v) is 19.2. The van der Waals surface area contributed by atoms with E-state index in [9.17, 15) is 9.59 Å². The lowest BCUT2D eigenvalue weighted by Gasteiger charge is -2.16. The van der Waals surface area contributed by atoms with Crippen LogP contribution in [0.4, 0.5) is 0 Å². The van der Waals surface area contributed by atoms with Crippen LogP contribution in [0.15, 0.2) is 48.7 Å². The van der Waals surface area contributed by atoms with Crippen molar-refractivity contribution in [2.75, 3.05) is 0 Å². The summed E-state index contributed by atoms with van der Waals surface area (Å²) < 4.78 is 0. The van der Waals surface area contributed by atoms with Crippen LogP contribution in [0.1, 0.15) is 58.8 Å². The Balaban J connectivity index is 1.51. The Hall–Kier alpha value is -3.59. The number of hydrogen-bond donors (Lipinski definition) is 3. The molecule has 0 fully saturated rings. The number of aromatic amines is 1. The molecule has 0 radical (unpaired) electrons. The molecule has 4 rings (SSSR count). The fraction of sp³-hybridized carbons (Fsp3) is 0.292. The highest BCUT2D eigenvalue weighted by molar-refractivity contribution is 7.13. The Morgan fingerprint density at radius 1 is 1.09 bits per heavy atom. The first-order valence-corrected chi connectivity index (χ1v) is 11.7. The number of H-pyrrole nitrogens is 1. The molecule has 0 aliphatic carbocycles. The molecule has 8 nitrogen and oxygen atoms in total. The van der Waals surface area contributed by atoms with Crippen LogP contribution in [0, 0.1) is 6.92 Å². The lowest BCUT2D eigenvalue weighted by Crippen LogP contribution is -2.29. The SMILES string of the molecule is Cc1nnc(C(=O)N[C@@H](CCCCCC(N)=O)c2ncc(-c3ccc4ccccc4c3)[nH]2)s1. The van der Waals surface area contributed by atoms with Gasteiger partial charge in [-0.3, -0.25) is 9.59 Å². The number of primary amides is 1. The third-order valence-electron chi connectivity index (χ3n) is 5.43. The molecule has 0 bridgehead atoms. The fourth-order valence-electron chi connectivity index (χ4n) is 3.73. The van der Waals surface area contributed by atoms with E-state index in [1.807, 2.05) is 19.1 Å². The molecule has 0 aliphatic heterocycles. The van der Waals surface area contributed by atoms with Crippen molar-refractivity contribution in [2.24, 2.45) is 5.73 Å². The highest BCUT2D eigenvalue weighted by atomic mass is 32.1. The molecule has 0 saturated heterocycles. The van der Waals surface area contributed by atoms with Crippen molar-refractivity contribution in [3.63, 3.8) is 0 Å². The molecular weight excluding hydrogens is 436 g/mol. The van der Waals surface area contributed by atoms with Crippen molar-refractivity contribution >= 4 is 33.9 Å². The minimum atomic E-state index is -0.315. The Labute approximate surface area is 195 Å². The molecule has 4 aromatic rings. The van der Waals surface area contributed by atoms with Crippen molar-refractivity contribution in [3.05, 3.63) is 64.5 Å². The zero-order chi connectivity index (χ0) is 23.2. The van der Waals surface area contributed by atoms with Crippen LogP contribution in [0.3, 0.4) is 0 Å². The average Bonchev–Trinajstić information content (AvgIpc) is 3.47. The van der Waals surface area contributed by atoms with Gasteiger partial charge in [-0.05, 0) is 36.6 Å². The van der Waals surface area contributed by atoms with Crippen LogP contribution < -0.4 is 11.1 Å². The summed E-state index contributed by atoms with van der Waals surface area (Å²) >= 11 is 1.26. The monoisotopic (exact) mass is 462 g/mol. The summed E-state index contributed by atoms with van der Waals surface area (Å²) in [6.45, 7) is 1.81. The molecule has 4 N–H and O–H groups in total. The van der Waals surface area contributed by atoms with E-state index in [2.05, 4.69) is 55.8 Å². The number of rotatable bonds is 10. The number of carbonyl (C=O) groups excluding carboxylic acids is 2. The minimum absolute atomic E-state index is 0.272. The number of benzene rings is 2. The first kappa shape index (κ1) is 22.6. The second-order valence-electron chi connectivity index (χ2n) is 7.96. The molecule has 0 saturated carbocycles. The Bertz CT molecular complexity index is 1260. The van der Waals surface area contributed by atoms with Crippen molar-refractivity contribution in [1.29, 1.82) is 0 Å². The third-order valence-corrected chi connectivity index (χ3v) is 6.27. The molecule has 0 spiro atoms. The summed E-state index contributed by atoms with van der Waals surface area (Å²) in [6, 6.07) is 14.1. The summed E-state index contributed by atoms with van der Waals surface area (Å²) in [5, 5.41) is 14.3. The predicted molar refractivity (Wildman–Crippen MR) is 129 cm³/mol. The highest BCUT2D eigenvalue weighted by Crippen LogP contribution is 2.26. The molecule has 170 valence electrons. The molecule has 2 amide bonds. The molecule has 9 heteroatoms. The van der Waals surface area contributed by atoms with Crippen LogP contribution in [0.25, 0.3) is 22.0 Å². The maximum absolute atomic E-state index is 12.7. The van der Waals surface area contributed by atoms with E-state index < -0.39 is 0 Å². The number of fused-ring (bicyclic) bond motifs is 1. The van der Waals surface area contributed by atoms with Gasteiger partial charge in [0.2, 0.25) is 10.9 Å². The number of hydrogen-bond acceptors (Lipinski definition) is 6. The Kier molecular flexibility index (Phi) is 7.09. The van der Waals surface area contributed by atoms with E-state index in [1.165, 1.54) is 16.7 Å². The van der Waals surface area contributed by atoms with Crippen LogP contribution in [-0.4, -0.2) is 32.0 Å². The predicted octanol–water partition coefficient (Wildman–Crippen LogP) is 4.30. The molecular formula is C24H26N6O2S. The maximum atomic E-state index is 12.7. The number of amides is 2. The van der Waals surface area contributed by atoms with Crippen molar-refractivity contribution < 1.29 is 9.59 Å². The highest BCUT2D eigenvalue weighted by Gasteiger charge is 2.21. The van der Waals surface area contributed by atoms with E-state index in [-0.39, 0.29) is 17.9 Å². The summed E-state index contributed by atoms with van der Waals surface area (Å²) in [4.78, 5) is 31.7. The van der Waals surface area contributed by atoms with Crippen LogP contribution >= 0.6 is 11.3 Å². The number of nitrogens with two attached hydrogens (primary N) is 1. The van der Waals surface area contributed by atoms with E-state index in [4.69, 9.17) is 5.73 Å². The number of aromatic nitrogens is 4. The van der Waals surface area contributed by atoms with Gasteiger partial charge < -0.3 is 16.0 Å². The van der Waals surface area contributed by atoms with Crippen LogP contribution in [0.5, 0.6) is 0 Å². The van der Waals surface area contributed by atoms with Gasteiger partial charge in [0.15, 0.2) is 0 Å². The smallest absolute Gasteiger partial charge is 0.282 e. The maximum Gasteiger partial charge on any atom is 0.282 e. The van der Waals surface area contributed by atoms with Crippen LogP contribution in [0.2, 0.25) is 0 Å². The summed E-state index contributed by atoms with van der Waals surface area (Å²) in [6.07, 6.45) is 5.22. The van der Waals surface area contributed by atoms with E-state index >= 15 is 0 Å². The molecule has 0 unspecified atom stereocenters. The third kappa shape index (κ3) is 5.81. The average molecular weight is 463 g/mol. The second kappa shape index (κ2) is 10.4. The summed E-state index contributed by atoms with van der Waals surface area (Å²) in [5.74, 6) is 0.117. The number of unbranched alkanes of at least 4 members (excludes halogenated alkanes) is 2. The van der Waals surface area contributed by atoms with Crippen molar-refractivity contribution in [2.45, 2.75) is 45.1 Å². The van der Waals surface area contributed by atoms with Gasteiger partial charge in [0.05, 0.1) is 17.9 Å². The first-order valence-electron chi connectivity index (χ1n) is 10.9. The number of nitrogens with zero attached hydrogens (tertiary/aromatic N) is 3. The Morgan fingerprint density at radius 3 is 2.67 bits per heavy atom.